The summed E-state index contributed by atoms with van der Waals surface area (Å²) in [6.45, 7) is 10.9. The van der Waals surface area contributed by atoms with Crippen LogP contribution in [-0.2, 0) is 4.79 Å². The molecule has 0 radical (unpaired) electrons. The highest BCUT2D eigenvalue weighted by atomic mass is 16.2. The Morgan fingerprint density at radius 1 is 1.21 bits per heavy atom. The molecule has 0 bridgehead atoms. The lowest BCUT2D eigenvalue weighted by atomic mass is 9.91. The van der Waals surface area contributed by atoms with E-state index in [0.29, 0.717) is 6.54 Å². The average molecular weight is 262 g/mol. The second kappa shape index (κ2) is 6.20. The predicted molar refractivity (Wildman–Crippen MR) is 80.2 cm³/mol. The van der Waals surface area contributed by atoms with Crippen LogP contribution in [0.3, 0.4) is 0 Å². The molecule has 0 fully saturated rings. The second-order valence-corrected chi connectivity index (χ2v) is 5.99. The molecule has 1 amide bonds. The maximum Gasteiger partial charge on any atom is 0.226 e. The van der Waals surface area contributed by atoms with Gasteiger partial charge in [0.25, 0.3) is 0 Å². The summed E-state index contributed by atoms with van der Waals surface area (Å²) in [5.41, 5.74) is 3.41. The first-order valence-corrected chi connectivity index (χ1v) is 6.80. The monoisotopic (exact) mass is 262 g/mol. The first-order valence-electron chi connectivity index (χ1n) is 6.80. The smallest absolute Gasteiger partial charge is 0.226 e. The summed E-state index contributed by atoms with van der Waals surface area (Å²) in [6.07, 6.45) is 0. The Bertz CT molecular complexity index is 432. The molecule has 3 heteroatoms. The molecular weight excluding hydrogens is 236 g/mol. The van der Waals surface area contributed by atoms with Crippen molar-refractivity contribution in [1.29, 1.82) is 0 Å². The molecule has 0 saturated heterocycles. The van der Waals surface area contributed by atoms with Crippen molar-refractivity contribution in [3.63, 3.8) is 0 Å². The summed E-state index contributed by atoms with van der Waals surface area (Å²) in [7, 11) is 1.68. The molecule has 0 aliphatic heterocycles. The molecule has 2 N–H and O–H groups in total. The molecule has 0 aliphatic carbocycles. The van der Waals surface area contributed by atoms with E-state index in [-0.39, 0.29) is 11.9 Å². The summed E-state index contributed by atoms with van der Waals surface area (Å²) in [4.78, 5) is 11.7. The van der Waals surface area contributed by atoms with Crippen LogP contribution in [0.2, 0.25) is 0 Å². The van der Waals surface area contributed by atoms with Gasteiger partial charge in [-0.3, -0.25) is 4.79 Å². The maximum absolute atomic E-state index is 11.7. The molecule has 1 unspecified atom stereocenters. The van der Waals surface area contributed by atoms with Gasteiger partial charge in [-0.05, 0) is 40.2 Å². The van der Waals surface area contributed by atoms with Crippen molar-refractivity contribution in [3.05, 3.63) is 34.9 Å². The predicted octanol–water partition coefficient (Wildman–Crippen LogP) is 2.73. The van der Waals surface area contributed by atoms with Gasteiger partial charge in [0.2, 0.25) is 5.91 Å². The fourth-order valence-electron chi connectivity index (χ4n) is 2.20. The van der Waals surface area contributed by atoms with Crippen molar-refractivity contribution < 1.29 is 4.79 Å². The fourth-order valence-corrected chi connectivity index (χ4v) is 2.20. The number of aryl methyl sites for hydroxylation is 2. The molecule has 1 aromatic carbocycles. The van der Waals surface area contributed by atoms with Gasteiger partial charge in [-0.15, -0.1) is 0 Å². The van der Waals surface area contributed by atoms with Gasteiger partial charge in [0.1, 0.15) is 0 Å². The number of benzene rings is 1. The lowest BCUT2D eigenvalue weighted by Crippen LogP contribution is -2.42. The van der Waals surface area contributed by atoms with Gasteiger partial charge in [0.15, 0.2) is 0 Å². The molecule has 1 atom stereocenters. The van der Waals surface area contributed by atoms with E-state index in [0.717, 1.165) is 0 Å². The Balaban J connectivity index is 2.70. The molecule has 106 valence electrons. The van der Waals surface area contributed by atoms with Gasteiger partial charge in [-0.1, -0.05) is 29.3 Å². The number of carbonyl (C=O) groups excluding carboxylic acids is 1. The molecule has 0 aliphatic rings. The Morgan fingerprint density at radius 2 is 1.74 bits per heavy atom. The summed E-state index contributed by atoms with van der Waals surface area (Å²) >= 11 is 0. The van der Waals surface area contributed by atoms with E-state index in [4.69, 9.17) is 0 Å². The largest absolute Gasteiger partial charge is 0.359 e. The summed E-state index contributed by atoms with van der Waals surface area (Å²) in [5.74, 6) is 0.0626. The SMILES string of the molecule is CNC(=O)C(C)(C)CNC(C)c1cc(C)cc(C)c1. The molecule has 0 heterocycles. The van der Waals surface area contributed by atoms with Crippen LogP contribution in [0.25, 0.3) is 0 Å². The molecule has 1 rings (SSSR count). The number of rotatable bonds is 5. The number of hydrogen-bond donors (Lipinski definition) is 2. The third-order valence-electron chi connectivity index (χ3n) is 3.44. The first kappa shape index (κ1) is 15.7. The molecule has 1 aromatic rings. The molecular formula is C16H26N2O. The molecule has 3 nitrogen and oxygen atoms in total. The van der Waals surface area contributed by atoms with Crippen molar-refractivity contribution in [1.82, 2.24) is 10.6 Å². The zero-order chi connectivity index (χ0) is 14.6. The van der Waals surface area contributed by atoms with E-state index < -0.39 is 5.41 Å². The van der Waals surface area contributed by atoms with Gasteiger partial charge >= 0.3 is 0 Å². The Hall–Kier alpha value is -1.35. The van der Waals surface area contributed by atoms with Gasteiger partial charge in [0.05, 0.1) is 5.41 Å². The lowest BCUT2D eigenvalue weighted by molar-refractivity contribution is -0.128. The molecule has 0 spiro atoms. The number of amides is 1. The third kappa shape index (κ3) is 4.35. The van der Waals surface area contributed by atoms with Crippen LogP contribution in [-0.4, -0.2) is 19.5 Å². The van der Waals surface area contributed by atoms with Gasteiger partial charge in [-0.25, -0.2) is 0 Å². The van der Waals surface area contributed by atoms with E-state index in [9.17, 15) is 4.79 Å². The van der Waals surface area contributed by atoms with Crippen LogP contribution in [0, 0.1) is 19.3 Å². The summed E-state index contributed by atoms with van der Waals surface area (Å²) in [6, 6.07) is 6.79. The highest BCUT2D eigenvalue weighted by Crippen LogP contribution is 2.19. The Kier molecular flexibility index (Phi) is 5.12. The topological polar surface area (TPSA) is 41.1 Å². The van der Waals surface area contributed by atoms with Crippen molar-refractivity contribution >= 4 is 5.91 Å². The number of nitrogens with one attached hydrogen (secondary N) is 2. The minimum atomic E-state index is -0.401. The van der Waals surface area contributed by atoms with Crippen LogP contribution in [0.5, 0.6) is 0 Å². The van der Waals surface area contributed by atoms with Crippen molar-refractivity contribution in [2.24, 2.45) is 5.41 Å². The van der Waals surface area contributed by atoms with Crippen molar-refractivity contribution in [2.75, 3.05) is 13.6 Å². The van der Waals surface area contributed by atoms with Crippen LogP contribution in [0.1, 0.15) is 43.5 Å². The van der Waals surface area contributed by atoms with E-state index in [1.54, 1.807) is 7.05 Å². The van der Waals surface area contributed by atoms with Crippen LogP contribution < -0.4 is 10.6 Å². The summed E-state index contributed by atoms with van der Waals surface area (Å²) in [5, 5.41) is 6.16. The standard InChI is InChI=1S/C16H26N2O/c1-11-7-12(2)9-14(8-11)13(3)18-10-16(4,5)15(19)17-6/h7-9,13,18H,10H2,1-6H3,(H,17,19). The third-order valence-corrected chi connectivity index (χ3v) is 3.44. The quantitative estimate of drug-likeness (QED) is 0.856. The molecule has 19 heavy (non-hydrogen) atoms. The van der Waals surface area contributed by atoms with E-state index in [1.807, 2.05) is 13.8 Å². The minimum Gasteiger partial charge on any atom is -0.359 e. The van der Waals surface area contributed by atoms with Gasteiger partial charge in [-0.2, -0.15) is 0 Å². The normalized spacial score (nSPS) is 13.2. The van der Waals surface area contributed by atoms with E-state index >= 15 is 0 Å². The number of hydrogen-bond acceptors (Lipinski definition) is 2. The summed E-state index contributed by atoms with van der Waals surface area (Å²) < 4.78 is 0. The highest BCUT2D eigenvalue weighted by molar-refractivity contribution is 5.81. The fraction of sp³-hybridized carbons (Fsp3) is 0.562. The van der Waals surface area contributed by atoms with Gasteiger partial charge in [0, 0.05) is 19.6 Å². The number of carbonyl (C=O) groups is 1. The average Bonchev–Trinajstić information content (AvgIpc) is 2.33. The molecule has 0 saturated carbocycles. The Morgan fingerprint density at radius 3 is 2.21 bits per heavy atom. The van der Waals surface area contributed by atoms with Crippen molar-refractivity contribution in [2.45, 2.75) is 40.7 Å². The van der Waals surface area contributed by atoms with Gasteiger partial charge < -0.3 is 10.6 Å². The van der Waals surface area contributed by atoms with Crippen LogP contribution in [0.15, 0.2) is 18.2 Å². The maximum atomic E-state index is 11.7. The molecule has 0 aromatic heterocycles. The second-order valence-electron chi connectivity index (χ2n) is 5.99. The first-order chi connectivity index (χ1) is 8.76. The zero-order valence-corrected chi connectivity index (χ0v) is 12.9. The van der Waals surface area contributed by atoms with Crippen LogP contribution >= 0.6 is 0 Å². The zero-order valence-electron chi connectivity index (χ0n) is 12.9. The van der Waals surface area contributed by atoms with Crippen molar-refractivity contribution in [3.8, 4) is 0 Å². The Labute approximate surface area is 116 Å². The minimum absolute atomic E-state index is 0.0626. The van der Waals surface area contributed by atoms with E-state index in [1.165, 1.54) is 16.7 Å². The highest BCUT2D eigenvalue weighted by Gasteiger charge is 2.26. The van der Waals surface area contributed by atoms with E-state index in [2.05, 4.69) is 49.6 Å². The van der Waals surface area contributed by atoms with Crippen LogP contribution in [0.4, 0.5) is 0 Å². The lowest BCUT2D eigenvalue weighted by Gasteiger charge is -2.26.